The minimum absolute atomic E-state index is 0.0922. The molecule has 0 saturated carbocycles. The predicted molar refractivity (Wildman–Crippen MR) is 147 cm³/mol. The highest BCUT2D eigenvalue weighted by Crippen LogP contribution is 2.37. The highest BCUT2D eigenvalue weighted by atomic mass is 19.1. The first-order chi connectivity index (χ1) is 19.5. The average Bonchev–Trinajstić information content (AvgIpc) is 2.95. The molecule has 0 aromatic carbocycles. The molecule has 2 N–H and O–H groups in total. The van der Waals surface area contributed by atoms with E-state index in [9.17, 15) is 15.0 Å². The van der Waals surface area contributed by atoms with Crippen LogP contribution in [-0.2, 0) is 6.54 Å². The summed E-state index contributed by atoms with van der Waals surface area (Å²) in [6.07, 6.45) is 1.65. The molecule has 2 aliphatic rings. The quantitative estimate of drug-likeness (QED) is 0.406. The predicted octanol–water partition coefficient (Wildman–Crippen LogP) is 3.94. The Morgan fingerprint density at radius 3 is 2.54 bits per heavy atom. The number of aliphatic hydroxyl groups is 1. The molecule has 0 aliphatic carbocycles. The van der Waals surface area contributed by atoms with Gasteiger partial charge in [0.25, 0.3) is 0 Å². The van der Waals surface area contributed by atoms with Crippen LogP contribution in [0, 0.1) is 5.82 Å². The number of methoxy groups -OCH3 is 1. The van der Waals surface area contributed by atoms with Gasteiger partial charge in [-0.1, -0.05) is 0 Å². The molecule has 5 heterocycles. The highest BCUT2D eigenvalue weighted by molar-refractivity contribution is 5.78. The molecule has 2 aliphatic heterocycles. The number of rotatable bonds is 7. The molecule has 1 unspecified atom stereocenters. The summed E-state index contributed by atoms with van der Waals surface area (Å²) < 4.78 is 32.0. The summed E-state index contributed by atoms with van der Waals surface area (Å²) in [6.45, 7) is 8.73. The van der Waals surface area contributed by atoms with Gasteiger partial charge in [0.05, 0.1) is 61.5 Å². The van der Waals surface area contributed by atoms with Crippen LogP contribution < -0.4 is 14.2 Å². The smallest absolute Gasteiger partial charge is 0.407 e. The second-order valence-electron chi connectivity index (χ2n) is 11.7. The van der Waals surface area contributed by atoms with Crippen molar-refractivity contribution in [2.45, 2.75) is 57.8 Å². The first-order valence-electron chi connectivity index (χ1n) is 13.8. The van der Waals surface area contributed by atoms with Crippen LogP contribution in [0.4, 0.5) is 9.18 Å². The third-order valence-electron chi connectivity index (χ3n) is 8.45. The first-order valence-corrected chi connectivity index (χ1v) is 13.8. The molecule has 1 fully saturated rings. The molecule has 0 bridgehead atoms. The van der Waals surface area contributed by atoms with E-state index < -0.39 is 18.0 Å². The molecule has 0 spiro atoms. The Bertz CT molecular complexity index is 1420. The number of halogens is 1. The molecular weight excluding hydrogens is 533 g/mol. The van der Waals surface area contributed by atoms with Crippen molar-refractivity contribution in [3.63, 3.8) is 0 Å². The Hall–Kier alpha value is -3.77. The molecule has 5 rings (SSSR count). The Morgan fingerprint density at radius 2 is 1.88 bits per heavy atom. The van der Waals surface area contributed by atoms with E-state index in [0.717, 1.165) is 6.20 Å². The molecular formula is C29H37FN5O6+. The number of amides is 1. The van der Waals surface area contributed by atoms with Crippen LogP contribution in [0.2, 0.25) is 0 Å². The van der Waals surface area contributed by atoms with Crippen LogP contribution in [-0.4, -0.2) is 92.2 Å². The normalized spacial score (nSPS) is 21.4. The Kier molecular flexibility index (Phi) is 7.89. The summed E-state index contributed by atoms with van der Waals surface area (Å²) in [5.41, 5.74) is 1.10. The van der Waals surface area contributed by atoms with Crippen LogP contribution in [0.5, 0.6) is 17.4 Å². The number of hydrogen-bond acceptors (Lipinski definition) is 8. The first kappa shape index (κ1) is 28.7. The van der Waals surface area contributed by atoms with Crippen molar-refractivity contribution in [2.24, 2.45) is 0 Å². The zero-order valence-electron chi connectivity index (χ0n) is 23.8. The number of carboxylic acid groups (broad SMARTS) is 1. The third kappa shape index (κ3) is 5.71. The van der Waals surface area contributed by atoms with Crippen molar-refractivity contribution in [1.82, 2.24) is 19.9 Å². The maximum absolute atomic E-state index is 15.1. The van der Waals surface area contributed by atoms with E-state index in [2.05, 4.69) is 35.7 Å². The van der Waals surface area contributed by atoms with E-state index in [-0.39, 0.29) is 35.8 Å². The minimum Gasteiger partial charge on any atom is -0.486 e. The Morgan fingerprint density at radius 1 is 1.17 bits per heavy atom. The number of carbonyl (C=O) groups is 1. The topological polar surface area (TPSA) is 127 Å². The van der Waals surface area contributed by atoms with Crippen molar-refractivity contribution in [3.8, 4) is 17.4 Å². The van der Waals surface area contributed by atoms with Crippen molar-refractivity contribution >= 4 is 17.1 Å². The lowest BCUT2D eigenvalue weighted by Crippen LogP contribution is -2.66. The number of hydrogen-bond donors (Lipinski definition) is 2. The summed E-state index contributed by atoms with van der Waals surface area (Å²) in [4.78, 5) is 26.7. The van der Waals surface area contributed by atoms with Crippen LogP contribution in [0.15, 0.2) is 30.6 Å². The molecule has 1 atom stereocenters. The van der Waals surface area contributed by atoms with Gasteiger partial charge in [0.15, 0.2) is 11.5 Å². The Balaban J connectivity index is 1.36. The van der Waals surface area contributed by atoms with Gasteiger partial charge in [-0.3, -0.25) is 14.9 Å². The number of aromatic nitrogens is 3. The molecule has 41 heavy (non-hydrogen) atoms. The maximum atomic E-state index is 15.1. The number of pyridine rings is 3. The number of aliphatic hydroxyl groups excluding tert-OH is 1. The average molecular weight is 571 g/mol. The lowest BCUT2D eigenvalue weighted by atomic mass is 9.90. The van der Waals surface area contributed by atoms with Crippen molar-refractivity contribution in [3.05, 3.63) is 47.7 Å². The lowest BCUT2D eigenvalue weighted by Gasteiger charge is -2.53. The maximum Gasteiger partial charge on any atom is 0.407 e. The zero-order chi connectivity index (χ0) is 29.4. The SMILES string of the molecule is COc1ccc2ncc(F)c(C(O)C[N+]3(C(C)(C)C)CCC(N(Cc4cc5c(cn4)OCCO5)C(=O)O)CC3)c2n1. The van der Waals surface area contributed by atoms with Crippen molar-refractivity contribution in [1.29, 1.82) is 0 Å². The van der Waals surface area contributed by atoms with Crippen LogP contribution >= 0.6 is 0 Å². The number of piperidine rings is 1. The van der Waals surface area contributed by atoms with E-state index in [4.69, 9.17) is 14.2 Å². The fraction of sp³-hybridized carbons (Fsp3) is 0.517. The number of nitrogens with zero attached hydrogens (tertiary/aromatic N) is 5. The summed E-state index contributed by atoms with van der Waals surface area (Å²) in [7, 11) is 1.48. The van der Waals surface area contributed by atoms with E-state index >= 15 is 4.39 Å². The summed E-state index contributed by atoms with van der Waals surface area (Å²) in [6, 6.07) is 4.83. The van der Waals surface area contributed by atoms with Gasteiger partial charge in [0.1, 0.15) is 37.2 Å². The molecule has 1 amide bonds. The summed E-state index contributed by atoms with van der Waals surface area (Å²) in [5.74, 6) is 0.796. The fourth-order valence-corrected chi connectivity index (χ4v) is 5.99. The lowest BCUT2D eigenvalue weighted by molar-refractivity contribution is -0.978. The largest absolute Gasteiger partial charge is 0.486 e. The number of ether oxygens (including phenoxy) is 3. The molecule has 11 nitrogen and oxygen atoms in total. The van der Waals surface area contributed by atoms with Gasteiger partial charge in [0, 0.05) is 31.0 Å². The highest BCUT2D eigenvalue weighted by Gasteiger charge is 2.46. The van der Waals surface area contributed by atoms with Crippen molar-refractivity contribution in [2.75, 3.05) is 40.0 Å². The van der Waals surface area contributed by atoms with E-state index in [0.29, 0.717) is 72.2 Å². The zero-order valence-corrected chi connectivity index (χ0v) is 23.8. The third-order valence-corrected chi connectivity index (χ3v) is 8.45. The Labute approximate surface area is 238 Å². The monoisotopic (exact) mass is 570 g/mol. The number of likely N-dealkylation sites (tertiary alicyclic amines) is 1. The van der Waals surface area contributed by atoms with Crippen LogP contribution in [0.3, 0.4) is 0 Å². The van der Waals surface area contributed by atoms with Crippen LogP contribution in [0.1, 0.15) is 51.0 Å². The van der Waals surface area contributed by atoms with Gasteiger partial charge in [-0.25, -0.2) is 14.2 Å². The van der Waals surface area contributed by atoms with Gasteiger partial charge in [-0.2, -0.15) is 0 Å². The van der Waals surface area contributed by atoms with Gasteiger partial charge < -0.3 is 28.9 Å². The standard InChI is InChI=1S/C29H36FN5O6/c1-29(2,3)35(17-22(36)26-20(30)14-32-21-5-6-25(39-4)33-27(21)26)9-7-19(8-10-35)34(28(37)38)16-18-13-23-24(15-31-18)41-12-11-40-23/h5-6,13-15,19,22,36H,7-12,16-17H2,1-4H3/p+1. The van der Waals surface area contributed by atoms with E-state index in [1.165, 1.54) is 12.0 Å². The molecule has 220 valence electrons. The van der Waals surface area contributed by atoms with Gasteiger partial charge in [-0.15, -0.1) is 0 Å². The molecule has 12 heteroatoms. The fourth-order valence-electron chi connectivity index (χ4n) is 5.99. The van der Waals surface area contributed by atoms with E-state index in [1.807, 2.05) is 0 Å². The van der Waals surface area contributed by atoms with Gasteiger partial charge in [0.2, 0.25) is 5.88 Å². The van der Waals surface area contributed by atoms with Crippen molar-refractivity contribution < 1.29 is 38.1 Å². The minimum atomic E-state index is -1.16. The second-order valence-corrected chi connectivity index (χ2v) is 11.7. The number of fused-ring (bicyclic) bond motifs is 2. The van der Waals surface area contributed by atoms with E-state index in [1.54, 1.807) is 24.4 Å². The second kappa shape index (κ2) is 11.2. The molecule has 3 aromatic rings. The summed E-state index contributed by atoms with van der Waals surface area (Å²) in [5, 5.41) is 21.6. The van der Waals surface area contributed by atoms with Gasteiger partial charge >= 0.3 is 6.09 Å². The molecule has 1 saturated heterocycles. The van der Waals surface area contributed by atoms with Gasteiger partial charge in [-0.05, 0) is 26.8 Å². The number of quaternary nitrogens is 1. The molecule has 3 aromatic heterocycles. The molecule has 0 radical (unpaired) electrons. The van der Waals surface area contributed by atoms with Crippen LogP contribution in [0.25, 0.3) is 11.0 Å². The summed E-state index contributed by atoms with van der Waals surface area (Å²) >= 11 is 0.